The largest absolute Gasteiger partial charge is 0.361 e. The Morgan fingerprint density at radius 1 is 1.17 bits per heavy atom. The van der Waals surface area contributed by atoms with Gasteiger partial charge in [0.2, 0.25) is 11.8 Å². The number of para-hydroxylation sites is 1. The van der Waals surface area contributed by atoms with Crippen molar-refractivity contribution in [2.75, 3.05) is 13.1 Å². The molecule has 2 aliphatic heterocycles. The Morgan fingerprint density at radius 3 is 2.80 bits per heavy atom. The maximum absolute atomic E-state index is 13.0. The minimum Gasteiger partial charge on any atom is -0.361 e. The predicted octanol–water partition coefficient (Wildman–Crippen LogP) is 4.63. The molecule has 35 heavy (non-hydrogen) atoms. The highest BCUT2D eigenvalue weighted by molar-refractivity contribution is 8.04. The third-order valence-corrected chi connectivity index (χ3v) is 7.90. The van der Waals surface area contributed by atoms with E-state index in [4.69, 9.17) is 0 Å². The topological polar surface area (TPSA) is 89.0 Å². The molecular weight excluding hydrogens is 456 g/mol. The number of H-pyrrole nitrogens is 1. The lowest BCUT2D eigenvalue weighted by atomic mass is 9.94. The molecule has 0 saturated heterocycles. The molecule has 2 aliphatic rings. The molecule has 2 aromatic carbocycles. The third kappa shape index (κ3) is 5.03. The Labute approximate surface area is 208 Å². The summed E-state index contributed by atoms with van der Waals surface area (Å²) < 4.78 is 0. The van der Waals surface area contributed by atoms with Gasteiger partial charge in [0, 0.05) is 41.0 Å². The molecule has 0 aliphatic carbocycles. The number of aromatic amines is 1. The van der Waals surface area contributed by atoms with Gasteiger partial charge in [0.15, 0.2) is 0 Å². The van der Waals surface area contributed by atoms with Crippen LogP contribution in [-0.2, 0) is 16.0 Å². The summed E-state index contributed by atoms with van der Waals surface area (Å²) >= 11 is 1.51. The van der Waals surface area contributed by atoms with Crippen LogP contribution in [0.25, 0.3) is 17.0 Å². The zero-order valence-corrected chi connectivity index (χ0v) is 20.1. The van der Waals surface area contributed by atoms with Gasteiger partial charge in [-0.3, -0.25) is 9.59 Å². The Balaban J connectivity index is 1.18. The van der Waals surface area contributed by atoms with Crippen LogP contribution >= 0.6 is 11.8 Å². The van der Waals surface area contributed by atoms with Crippen molar-refractivity contribution >= 4 is 40.6 Å². The van der Waals surface area contributed by atoms with Gasteiger partial charge in [-0.15, -0.1) is 11.8 Å². The number of nitrogens with zero attached hydrogens (tertiary/aromatic N) is 2. The van der Waals surface area contributed by atoms with Crippen LogP contribution in [-0.4, -0.2) is 40.2 Å². The second kappa shape index (κ2) is 10.2. The SMILES string of the molecule is N#CC1C2=C(CN(C(=O)CCc3c[nH]c4ccccc34)CC2)SC1NC(=O)/C=C/c1ccccc1. The number of carbonyl (C=O) groups excluding carboxylic acids is 2. The maximum atomic E-state index is 13.0. The van der Waals surface area contributed by atoms with Gasteiger partial charge < -0.3 is 15.2 Å². The molecule has 2 atom stereocenters. The van der Waals surface area contributed by atoms with Crippen LogP contribution in [0.1, 0.15) is 24.0 Å². The lowest BCUT2D eigenvalue weighted by Crippen LogP contribution is -2.37. The molecule has 2 amide bonds. The molecule has 6 nitrogen and oxygen atoms in total. The van der Waals surface area contributed by atoms with Crippen molar-refractivity contribution in [2.45, 2.75) is 24.6 Å². The lowest BCUT2D eigenvalue weighted by molar-refractivity contribution is -0.130. The number of aryl methyl sites for hydroxylation is 1. The van der Waals surface area contributed by atoms with Gasteiger partial charge in [-0.1, -0.05) is 48.5 Å². The Morgan fingerprint density at radius 2 is 1.97 bits per heavy atom. The van der Waals surface area contributed by atoms with Crippen LogP contribution in [0.4, 0.5) is 0 Å². The summed E-state index contributed by atoms with van der Waals surface area (Å²) in [5.74, 6) is -0.472. The van der Waals surface area contributed by atoms with E-state index in [1.54, 1.807) is 6.08 Å². The molecular formula is C28H26N4O2S. The first kappa shape index (κ1) is 23.0. The molecule has 0 saturated carbocycles. The quantitative estimate of drug-likeness (QED) is 0.502. The van der Waals surface area contributed by atoms with E-state index < -0.39 is 0 Å². The van der Waals surface area contributed by atoms with Crippen LogP contribution in [0, 0.1) is 17.2 Å². The molecule has 1 aromatic heterocycles. The van der Waals surface area contributed by atoms with Gasteiger partial charge in [0.1, 0.15) is 0 Å². The molecule has 5 rings (SSSR count). The van der Waals surface area contributed by atoms with Crippen molar-refractivity contribution in [3.8, 4) is 6.07 Å². The molecule has 0 radical (unpaired) electrons. The molecule has 0 spiro atoms. The number of hydrogen-bond acceptors (Lipinski definition) is 4. The van der Waals surface area contributed by atoms with Crippen LogP contribution < -0.4 is 5.32 Å². The molecule has 3 aromatic rings. The Hall–Kier alpha value is -3.76. The minimum atomic E-state index is -0.368. The van der Waals surface area contributed by atoms with E-state index in [1.165, 1.54) is 17.8 Å². The fourth-order valence-electron chi connectivity index (χ4n) is 4.73. The van der Waals surface area contributed by atoms with Gasteiger partial charge in [-0.25, -0.2) is 0 Å². The summed E-state index contributed by atoms with van der Waals surface area (Å²) in [5.41, 5.74) is 4.24. The molecule has 2 unspecified atom stereocenters. The van der Waals surface area contributed by atoms with Crippen molar-refractivity contribution in [3.05, 3.63) is 88.5 Å². The molecule has 0 fully saturated rings. The van der Waals surface area contributed by atoms with Gasteiger partial charge in [0.05, 0.1) is 23.9 Å². The van der Waals surface area contributed by atoms with E-state index in [-0.39, 0.29) is 23.1 Å². The van der Waals surface area contributed by atoms with Crippen LogP contribution in [0.3, 0.4) is 0 Å². The third-order valence-electron chi connectivity index (χ3n) is 6.58. The van der Waals surface area contributed by atoms with E-state index in [2.05, 4.69) is 22.4 Å². The minimum absolute atomic E-state index is 0.120. The maximum Gasteiger partial charge on any atom is 0.244 e. The highest BCUT2D eigenvalue weighted by atomic mass is 32.2. The average molecular weight is 483 g/mol. The van der Waals surface area contributed by atoms with Crippen molar-refractivity contribution in [3.63, 3.8) is 0 Å². The molecule has 3 heterocycles. The van der Waals surface area contributed by atoms with Gasteiger partial charge >= 0.3 is 0 Å². The first-order valence-electron chi connectivity index (χ1n) is 11.8. The first-order chi connectivity index (χ1) is 17.1. The molecule has 2 N–H and O–H groups in total. The number of benzene rings is 2. The van der Waals surface area contributed by atoms with E-state index in [9.17, 15) is 14.9 Å². The number of aromatic nitrogens is 1. The fraction of sp³-hybridized carbons (Fsp3) is 0.250. The lowest BCUT2D eigenvalue weighted by Gasteiger charge is -2.28. The summed E-state index contributed by atoms with van der Waals surface area (Å²) in [6.07, 6.45) is 7.05. The normalized spacial score (nSPS) is 19.7. The molecule has 7 heteroatoms. The van der Waals surface area contributed by atoms with Gasteiger partial charge in [-0.05, 0) is 41.7 Å². The monoisotopic (exact) mass is 482 g/mol. The number of hydrogen-bond donors (Lipinski definition) is 2. The second-order valence-corrected chi connectivity index (χ2v) is 10.0. The summed E-state index contributed by atoms with van der Waals surface area (Å²) in [6.45, 7) is 1.12. The number of carbonyl (C=O) groups is 2. The average Bonchev–Trinajstić information content (AvgIpc) is 3.46. The van der Waals surface area contributed by atoms with Gasteiger partial charge in [0.25, 0.3) is 0 Å². The van der Waals surface area contributed by atoms with Crippen molar-refractivity contribution in [2.24, 2.45) is 5.92 Å². The van der Waals surface area contributed by atoms with E-state index in [1.807, 2.05) is 59.6 Å². The highest BCUT2D eigenvalue weighted by Gasteiger charge is 2.39. The fourth-order valence-corrected chi connectivity index (χ4v) is 6.18. The van der Waals surface area contributed by atoms with E-state index in [0.29, 0.717) is 32.4 Å². The van der Waals surface area contributed by atoms with E-state index in [0.717, 1.165) is 32.5 Å². The summed E-state index contributed by atoms with van der Waals surface area (Å²) in [5, 5.41) is 13.6. The van der Waals surface area contributed by atoms with Crippen molar-refractivity contribution in [1.29, 1.82) is 5.26 Å². The smallest absolute Gasteiger partial charge is 0.244 e. The Bertz CT molecular complexity index is 1350. The predicted molar refractivity (Wildman–Crippen MR) is 139 cm³/mol. The standard InChI is InChI=1S/C28H26N4O2S/c29-16-23-22-14-15-32(27(34)13-11-20-17-30-24-9-5-4-8-21(20)24)18-25(22)35-28(23)31-26(33)12-10-19-6-2-1-3-7-19/h1-10,12,17,23,28,30H,11,13-15,18H2,(H,31,33)/b12-10+. The number of amides is 2. The van der Waals surface area contributed by atoms with Gasteiger partial charge in [-0.2, -0.15) is 5.26 Å². The summed E-state index contributed by atoms with van der Waals surface area (Å²) in [6, 6.07) is 20.1. The van der Waals surface area contributed by atoms with Crippen molar-refractivity contribution in [1.82, 2.24) is 15.2 Å². The van der Waals surface area contributed by atoms with Crippen LogP contribution in [0.5, 0.6) is 0 Å². The van der Waals surface area contributed by atoms with Crippen molar-refractivity contribution < 1.29 is 9.59 Å². The summed E-state index contributed by atoms with van der Waals surface area (Å²) in [7, 11) is 0. The number of nitriles is 1. The second-order valence-electron chi connectivity index (χ2n) is 8.77. The number of fused-ring (bicyclic) bond motifs is 1. The Kier molecular flexibility index (Phi) is 6.73. The zero-order chi connectivity index (χ0) is 24.2. The van der Waals surface area contributed by atoms with Crippen LogP contribution in [0.15, 0.2) is 77.3 Å². The van der Waals surface area contributed by atoms with Crippen LogP contribution in [0.2, 0.25) is 0 Å². The zero-order valence-electron chi connectivity index (χ0n) is 19.2. The molecule has 176 valence electrons. The van der Waals surface area contributed by atoms with E-state index >= 15 is 0 Å². The number of thioether (sulfide) groups is 1. The number of nitrogens with one attached hydrogen (secondary N) is 2. The highest BCUT2D eigenvalue weighted by Crippen LogP contribution is 2.44. The molecule has 0 bridgehead atoms. The number of rotatable bonds is 6. The first-order valence-corrected chi connectivity index (χ1v) is 12.6. The summed E-state index contributed by atoms with van der Waals surface area (Å²) in [4.78, 5) is 31.7.